The van der Waals surface area contributed by atoms with Gasteiger partial charge in [0.2, 0.25) is 0 Å². The highest BCUT2D eigenvalue weighted by Gasteiger charge is 2.41. The largest absolute Gasteiger partial charge is 0.487 e. The standard InChI is InChI=1S/C20H27NO3/c1-13(19(22)23)18(15-3-4-15)16-5-2-14-6-7-20(24-17(14)12-16)8-10-21-11-9-20/h2,5,12-13,15,18,21H,3-4,6-11H2,1H3,(H,22,23). The number of carbonyl (C=O) groups is 1. The van der Waals surface area contributed by atoms with Crippen LogP contribution in [0.2, 0.25) is 0 Å². The molecule has 1 saturated heterocycles. The molecule has 2 atom stereocenters. The van der Waals surface area contributed by atoms with Crippen LogP contribution in [0.5, 0.6) is 5.75 Å². The lowest BCUT2D eigenvalue weighted by atomic mass is 9.80. The zero-order valence-corrected chi connectivity index (χ0v) is 14.4. The summed E-state index contributed by atoms with van der Waals surface area (Å²) in [7, 11) is 0. The smallest absolute Gasteiger partial charge is 0.306 e. The summed E-state index contributed by atoms with van der Waals surface area (Å²) in [5.74, 6) is 0.601. The van der Waals surface area contributed by atoms with Crippen LogP contribution in [-0.4, -0.2) is 29.8 Å². The van der Waals surface area contributed by atoms with E-state index >= 15 is 0 Å². The Morgan fingerprint density at radius 1 is 1.29 bits per heavy atom. The maximum Gasteiger partial charge on any atom is 0.306 e. The SMILES string of the molecule is CC(C(=O)O)C(c1ccc2c(c1)OC1(CCNCC1)CC2)C1CC1. The van der Waals surface area contributed by atoms with E-state index in [4.69, 9.17) is 4.74 Å². The number of hydrogen-bond donors (Lipinski definition) is 2. The minimum atomic E-state index is -0.694. The molecule has 0 bridgehead atoms. The van der Waals surface area contributed by atoms with Crippen molar-refractivity contribution < 1.29 is 14.6 Å². The Balaban J connectivity index is 1.62. The second-order valence-electron chi connectivity index (χ2n) is 7.89. The van der Waals surface area contributed by atoms with Crippen molar-refractivity contribution >= 4 is 5.97 Å². The first kappa shape index (κ1) is 15.9. The summed E-state index contributed by atoms with van der Waals surface area (Å²) < 4.78 is 6.50. The van der Waals surface area contributed by atoms with Crippen molar-refractivity contribution in [2.45, 2.75) is 57.0 Å². The van der Waals surface area contributed by atoms with Gasteiger partial charge in [0.15, 0.2) is 0 Å². The Kier molecular flexibility index (Phi) is 4.03. The van der Waals surface area contributed by atoms with E-state index < -0.39 is 5.97 Å². The highest BCUT2D eigenvalue weighted by molar-refractivity contribution is 5.71. The summed E-state index contributed by atoms with van der Waals surface area (Å²) in [5, 5.41) is 12.9. The molecule has 0 aromatic heterocycles. The van der Waals surface area contributed by atoms with E-state index in [1.165, 1.54) is 5.56 Å². The molecule has 2 heterocycles. The molecule has 4 heteroatoms. The van der Waals surface area contributed by atoms with Crippen molar-refractivity contribution in [3.05, 3.63) is 29.3 Å². The molecular weight excluding hydrogens is 302 g/mol. The van der Waals surface area contributed by atoms with Crippen molar-refractivity contribution in [3.8, 4) is 5.75 Å². The maximum atomic E-state index is 11.5. The van der Waals surface area contributed by atoms with Crippen LogP contribution < -0.4 is 10.1 Å². The normalized spacial score (nSPS) is 24.7. The van der Waals surface area contributed by atoms with Crippen LogP contribution in [0.15, 0.2) is 18.2 Å². The zero-order chi connectivity index (χ0) is 16.7. The van der Waals surface area contributed by atoms with Crippen molar-refractivity contribution in [1.29, 1.82) is 0 Å². The van der Waals surface area contributed by atoms with Crippen LogP contribution in [0.1, 0.15) is 56.1 Å². The number of hydrogen-bond acceptors (Lipinski definition) is 3. The molecule has 4 rings (SSSR count). The number of piperidine rings is 1. The fourth-order valence-corrected chi connectivity index (χ4v) is 4.54. The summed E-state index contributed by atoms with van der Waals surface area (Å²) in [6, 6.07) is 6.47. The minimum Gasteiger partial charge on any atom is -0.487 e. The van der Waals surface area contributed by atoms with E-state index in [1.54, 1.807) is 0 Å². The van der Waals surface area contributed by atoms with E-state index in [1.807, 2.05) is 6.92 Å². The number of fused-ring (bicyclic) bond motifs is 1. The van der Waals surface area contributed by atoms with Crippen molar-refractivity contribution in [2.24, 2.45) is 11.8 Å². The van der Waals surface area contributed by atoms with Gasteiger partial charge in [-0.3, -0.25) is 4.79 Å². The Morgan fingerprint density at radius 3 is 2.71 bits per heavy atom. The quantitative estimate of drug-likeness (QED) is 0.889. The van der Waals surface area contributed by atoms with Crippen LogP contribution >= 0.6 is 0 Å². The molecule has 3 aliphatic rings. The zero-order valence-electron chi connectivity index (χ0n) is 14.4. The van der Waals surface area contributed by atoms with Gasteiger partial charge in [0.05, 0.1) is 5.92 Å². The number of nitrogens with one attached hydrogen (secondary N) is 1. The summed E-state index contributed by atoms with van der Waals surface area (Å²) in [6.45, 7) is 3.89. The van der Waals surface area contributed by atoms with Crippen LogP contribution in [0.3, 0.4) is 0 Å². The van der Waals surface area contributed by atoms with Gasteiger partial charge < -0.3 is 15.2 Å². The van der Waals surface area contributed by atoms with E-state index in [0.717, 1.165) is 62.9 Å². The van der Waals surface area contributed by atoms with E-state index in [9.17, 15) is 9.90 Å². The Labute approximate surface area is 143 Å². The second kappa shape index (κ2) is 6.07. The van der Waals surface area contributed by atoms with Gasteiger partial charge in [0.25, 0.3) is 0 Å². The highest BCUT2D eigenvalue weighted by atomic mass is 16.5. The first-order valence-electron chi connectivity index (χ1n) is 9.33. The third-order valence-corrected chi connectivity index (χ3v) is 6.23. The topological polar surface area (TPSA) is 58.6 Å². The number of aliphatic carboxylic acids is 1. The molecular formula is C20H27NO3. The number of ether oxygens (including phenoxy) is 1. The number of aryl methyl sites for hydroxylation is 1. The van der Waals surface area contributed by atoms with Gasteiger partial charge >= 0.3 is 5.97 Å². The average Bonchev–Trinajstić information content (AvgIpc) is 3.40. The Hall–Kier alpha value is -1.55. The van der Waals surface area contributed by atoms with Crippen LogP contribution in [0.4, 0.5) is 0 Å². The van der Waals surface area contributed by atoms with Gasteiger partial charge in [-0.1, -0.05) is 19.1 Å². The molecule has 1 spiro atoms. The van der Waals surface area contributed by atoms with Crippen LogP contribution in [-0.2, 0) is 11.2 Å². The van der Waals surface area contributed by atoms with Gasteiger partial charge in [-0.2, -0.15) is 0 Å². The summed E-state index contributed by atoms with van der Waals surface area (Å²) >= 11 is 0. The van der Waals surface area contributed by atoms with Gasteiger partial charge in [0, 0.05) is 0 Å². The maximum absolute atomic E-state index is 11.5. The van der Waals surface area contributed by atoms with Gasteiger partial charge in [-0.15, -0.1) is 0 Å². The van der Waals surface area contributed by atoms with Crippen LogP contribution in [0, 0.1) is 11.8 Å². The number of carboxylic acid groups (broad SMARTS) is 1. The second-order valence-corrected chi connectivity index (χ2v) is 7.89. The summed E-state index contributed by atoms with van der Waals surface area (Å²) in [5.41, 5.74) is 2.42. The molecule has 1 aromatic rings. The predicted molar refractivity (Wildman–Crippen MR) is 92.5 cm³/mol. The molecule has 0 amide bonds. The van der Waals surface area contributed by atoms with Gasteiger partial charge in [-0.25, -0.2) is 0 Å². The number of rotatable bonds is 4. The molecule has 1 saturated carbocycles. The first-order chi connectivity index (χ1) is 11.6. The van der Waals surface area contributed by atoms with Crippen molar-refractivity contribution in [3.63, 3.8) is 0 Å². The summed E-state index contributed by atoms with van der Waals surface area (Å²) in [4.78, 5) is 11.5. The lowest BCUT2D eigenvalue weighted by Gasteiger charge is -2.42. The molecule has 1 aromatic carbocycles. The Bertz CT molecular complexity index is 632. The molecule has 2 fully saturated rings. The van der Waals surface area contributed by atoms with E-state index in [0.29, 0.717) is 5.92 Å². The van der Waals surface area contributed by atoms with Gasteiger partial charge in [-0.05, 0) is 80.6 Å². The number of carboxylic acids is 1. The van der Waals surface area contributed by atoms with Crippen molar-refractivity contribution in [2.75, 3.05) is 13.1 Å². The number of benzene rings is 1. The average molecular weight is 329 g/mol. The molecule has 130 valence electrons. The minimum absolute atomic E-state index is 0.00956. The lowest BCUT2D eigenvalue weighted by Crippen LogP contribution is -2.48. The third kappa shape index (κ3) is 2.92. The summed E-state index contributed by atoms with van der Waals surface area (Å²) in [6.07, 6.45) is 6.59. The molecule has 24 heavy (non-hydrogen) atoms. The fraction of sp³-hybridized carbons (Fsp3) is 0.650. The molecule has 1 aliphatic carbocycles. The van der Waals surface area contributed by atoms with Crippen molar-refractivity contribution in [1.82, 2.24) is 5.32 Å². The molecule has 2 unspecified atom stereocenters. The molecule has 0 radical (unpaired) electrons. The predicted octanol–water partition coefficient (Wildman–Crippen LogP) is 3.35. The van der Waals surface area contributed by atoms with Gasteiger partial charge in [0.1, 0.15) is 11.4 Å². The fourth-order valence-electron chi connectivity index (χ4n) is 4.54. The monoisotopic (exact) mass is 329 g/mol. The molecule has 4 nitrogen and oxygen atoms in total. The lowest BCUT2D eigenvalue weighted by molar-refractivity contribution is -0.142. The first-order valence-corrected chi connectivity index (χ1v) is 9.33. The Morgan fingerprint density at radius 2 is 2.04 bits per heavy atom. The molecule has 2 N–H and O–H groups in total. The van der Waals surface area contributed by atoms with E-state index in [-0.39, 0.29) is 17.4 Å². The highest BCUT2D eigenvalue weighted by Crippen LogP contribution is 2.48. The van der Waals surface area contributed by atoms with Crippen LogP contribution in [0.25, 0.3) is 0 Å². The van der Waals surface area contributed by atoms with E-state index in [2.05, 4.69) is 23.5 Å². The molecule has 2 aliphatic heterocycles. The third-order valence-electron chi connectivity index (χ3n) is 6.23.